The molecule has 0 aromatic heterocycles. The lowest BCUT2D eigenvalue weighted by atomic mass is 10.2. The van der Waals surface area contributed by atoms with E-state index in [1.165, 1.54) is 18.2 Å². The first-order chi connectivity index (χ1) is 8.52. The van der Waals surface area contributed by atoms with Crippen LogP contribution in [0.25, 0.3) is 0 Å². The molecule has 0 atom stereocenters. The zero-order valence-electron chi connectivity index (χ0n) is 9.93. The van der Waals surface area contributed by atoms with Gasteiger partial charge in [0.2, 0.25) is 5.91 Å². The molecule has 0 saturated heterocycles. The van der Waals surface area contributed by atoms with Crippen LogP contribution in [-0.2, 0) is 4.79 Å². The van der Waals surface area contributed by atoms with Crippen molar-refractivity contribution in [2.75, 3.05) is 5.32 Å². The fraction of sp³-hybridized carbons (Fsp3) is 0.333. The van der Waals surface area contributed by atoms with Gasteiger partial charge in [-0.25, -0.2) is 4.39 Å². The first-order valence-corrected chi connectivity index (χ1v) is 6.37. The van der Waals surface area contributed by atoms with E-state index in [1.54, 1.807) is 0 Å². The normalized spacial score (nSPS) is 9.94. The maximum Gasteiger partial charge on any atom is 0.226 e. The Bertz CT molecular complexity index is 454. The molecule has 6 heteroatoms. The summed E-state index contributed by atoms with van der Waals surface area (Å²) in [5, 5.41) is 5.49. The van der Waals surface area contributed by atoms with Gasteiger partial charge >= 0.3 is 0 Å². The summed E-state index contributed by atoms with van der Waals surface area (Å²) in [5.74, 6) is -0.636. The van der Waals surface area contributed by atoms with Gasteiger partial charge in [-0.05, 0) is 36.8 Å². The molecule has 0 heterocycles. The molecule has 0 fully saturated rings. The SMILES string of the molecule is CCCCC(=O)NC(=S)Nc1ccc(F)c(Cl)c1. The Kier molecular flexibility index (Phi) is 6.01. The van der Waals surface area contributed by atoms with Crippen LogP contribution in [0.5, 0.6) is 0 Å². The summed E-state index contributed by atoms with van der Waals surface area (Å²) in [6.07, 6.45) is 2.19. The minimum Gasteiger partial charge on any atom is -0.332 e. The molecule has 1 amide bonds. The van der Waals surface area contributed by atoms with Crippen molar-refractivity contribution >= 4 is 40.5 Å². The Morgan fingerprint density at radius 2 is 2.22 bits per heavy atom. The largest absolute Gasteiger partial charge is 0.332 e. The van der Waals surface area contributed by atoms with E-state index in [1.807, 2.05) is 6.92 Å². The maximum atomic E-state index is 12.9. The Morgan fingerprint density at radius 1 is 1.50 bits per heavy atom. The van der Waals surface area contributed by atoms with Gasteiger partial charge in [0.25, 0.3) is 0 Å². The van der Waals surface area contributed by atoms with E-state index in [0.29, 0.717) is 12.1 Å². The highest BCUT2D eigenvalue weighted by molar-refractivity contribution is 7.80. The smallest absolute Gasteiger partial charge is 0.226 e. The maximum absolute atomic E-state index is 12.9. The van der Waals surface area contributed by atoms with Gasteiger partial charge in [-0.1, -0.05) is 24.9 Å². The Labute approximate surface area is 116 Å². The van der Waals surface area contributed by atoms with Gasteiger partial charge in [-0.2, -0.15) is 0 Å². The number of halogens is 2. The fourth-order valence-corrected chi connectivity index (χ4v) is 1.67. The quantitative estimate of drug-likeness (QED) is 0.834. The highest BCUT2D eigenvalue weighted by Crippen LogP contribution is 2.19. The Morgan fingerprint density at radius 3 is 2.83 bits per heavy atom. The first kappa shape index (κ1) is 14.9. The lowest BCUT2D eigenvalue weighted by Gasteiger charge is -2.09. The van der Waals surface area contributed by atoms with Gasteiger partial charge in [0.15, 0.2) is 5.11 Å². The van der Waals surface area contributed by atoms with Crippen LogP contribution in [0.1, 0.15) is 26.2 Å². The first-order valence-electron chi connectivity index (χ1n) is 5.58. The van der Waals surface area contributed by atoms with Gasteiger partial charge in [-0.15, -0.1) is 0 Å². The van der Waals surface area contributed by atoms with Crippen molar-refractivity contribution in [1.82, 2.24) is 5.32 Å². The van der Waals surface area contributed by atoms with Crippen LogP contribution in [0.15, 0.2) is 18.2 Å². The number of carbonyl (C=O) groups excluding carboxylic acids is 1. The average molecular weight is 289 g/mol. The third kappa shape index (κ3) is 4.98. The molecule has 1 aromatic rings. The molecular formula is C12H14ClFN2OS. The van der Waals surface area contributed by atoms with Crippen molar-refractivity contribution in [1.29, 1.82) is 0 Å². The minimum atomic E-state index is -0.500. The number of carbonyl (C=O) groups is 1. The van der Waals surface area contributed by atoms with Crippen LogP contribution >= 0.6 is 23.8 Å². The third-order valence-corrected chi connectivity index (χ3v) is 2.68. The van der Waals surface area contributed by atoms with Crippen LogP contribution in [0, 0.1) is 5.82 Å². The van der Waals surface area contributed by atoms with Crippen LogP contribution in [0.2, 0.25) is 5.02 Å². The molecule has 0 aliphatic rings. The number of hydrogen-bond acceptors (Lipinski definition) is 2. The van der Waals surface area contributed by atoms with Crippen molar-refractivity contribution in [2.24, 2.45) is 0 Å². The predicted octanol–water partition coefficient (Wildman–Crippen LogP) is 3.48. The summed E-state index contributed by atoms with van der Waals surface area (Å²) < 4.78 is 12.9. The molecular weight excluding hydrogens is 275 g/mol. The van der Waals surface area contributed by atoms with Crippen molar-refractivity contribution in [3.8, 4) is 0 Å². The van der Waals surface area contributed by atoms with Crippen LogP contribution in [0.3, 0.4) is 0 Å². The summed E-state index contributed by atoms with van der Waals surface area (Å²) in [4.78, 5) is 11.4. The lowest BCUT2D eigenvalue weighted by Crippen LogP contribution is -2.33. The zero-order valence-corrected chi connectivity index (χ0v) is 11.5. The molecule has 98 valence electrons. The van der Waals surface area contributed by atoms with Gasteiger partial charge < -0.3 is 10.6 Å². The molecule has 0 bridgehead atoms. The molecule has 0 aliphatic carbocycles. The molecule has 18 heavy (non-hydrogen) atoms. The van der Waals surface area contributed by atoms with Crippen molar-refractivity contribution < 1.29 is 9.18 Å². The highest BCUT2D eigenvalue weighted by Gasteiger charge is 2.05. The van der Waals surface area contributed by atoms with Crippen LogP contribution in [-0.4, -0.2) is 11.0 Å². The molecule has 0 unspecified atom stereocenters. The lowest BCUT2D eigenvalue weighted by molar-refractivity contribution is -0.119. The second-order valence-corrected chi connectivity index (χ2v) is 4.55. The highest BCUT2D eigenvalue weighted by atomic mass is 35.5. The number of rotatable bonds is 4. The zero-order chi connectivity index (χ0) is 13.5. The second kappa shape index (κ2) is 7.28. The van der Waals surface area contributed by atoms with Crippen LogP contribution < -0.4 is 10.6 Å². The van der Waals surface area contributed by atoms with Gasteiger partial charge in [0, 0.05) is 12.1 Å². The van der Waals surface area contributed by atoms with Gasteiger partial charge in [0.05, 0.1) is 5.02 Å². The number of hydrogen-bond donors (Lipinski definition) is 2. The van der Waals surface area contributed by atoms with E-state index < -0.39 is 5.82 Å². The Hall–Kier alpha value is -1.20. The molecule has 0 spiro atoms. The topological polar surface area (TPSA) is 41.1 Å². The summed E-state index contributed by atoms with van der Waals surface area (Å²) in [6.45, 7) is 2.00. The molecule has 0 aliphatic heterocycles. The fourth-order valence-electron chi connectivity index (χ4n) is 1.26. The second-order valence-electron chi connectivity index (χ2n) is 3.73. The predicted molar refractivity (Wildman–Crippen MR) is 75.3 cm³/mol. The molecule has 1 aromatic carbocycles. The van der Waals surface area contributed by atoms with Crippen molar-refractivity contribution in [3.63, 3.8) is 0 Å². The summed E-state index contributed by atoms with van der Waals surface area (Å²) >= 11 is 10.6. The van der Waals surface area contributed by atoms with E-state index in [9.17, 15) is 9.18 Å². The number of amides is 1. The number of benzene rings is 1. The van der Waals surface area contributed by atoms with E-state index in [-0.39, 0.29) is 16.0 Å². The molecule has 1 rings (SSSR count). The third-order valence-electron chi connectivity index (χ3n) is 2.19. The molecule has 0 radical (unpaired) electrons. The Balaban J connectivity index is 2.49. The number of unbranched alkanes of at least 4 members (excludes halogenated alkanes) is 1. The average Bonchev–Trinajstić information content (AvgIpc) is 2.31. The van der Waals surface area contributed by atoms with Crippen molar-refractivity contribution in [2.45, 2.75) is 26.2 Å². The van der Waals surface area contributed by atoms with E-state index in [4.69, 9.17) is 23.8 Å². The van der Waals surface area contributed by atoms with Gasteiger partial charge in [-0.3, -0.25) is 4.79 Å². The van der Waals surface area contributed by atoms with E-state index in [0.717, 1.165) is 12.8 Å². The number of anilines is 1. The van der Waals surface area contributed by atoms with Crippen LogP contribution in [0.4, 0.5) is 10.1 Å². The summed E-state index contributed by atoms with van der Waals surface area (Å²) in [7, 11) is 0. The summed E-state index contributed by atoms with van der Waals surface area (Å²) in [6, 6.07) is 4.12. The molecule has 0 saturated carbocycles. The summed E-state index contributed by atoms with van der Waals surface area (Å²) in [5.41, 5.74) is 0.530. The minimum absolute atomic E-state index is 0.000101. The number of nitrogens with one attached hydrogen (secondary N) is 2. The van der Waals surface area contributed by atoms with E-state index >= 15 is 0 Å². The van der Waals surface area contributed by atoms with E-state index in [2.05, 4.69) is 10.6 Å². The van der Waals surface area contributed by atoms with Crippen molar-refractivity contribution in [3.05, 3.63) is 29.0 Å². The van der Waals surface area contributed by atoms with Gasteiger partial charge in [0.1, 0.15) is 5.82 Å². The monoisotopic (exact) mass is 288 g/mol. The molecule has 2 N–H and O–H groups in total. The number of thiocarbonyl (C=S) groups is 1. The standard InChI is InChI=1S/C12H14ClFN2OS/c1-2-3-4-11(17)16-12(18)15-8-5-6-10(14)9(13)7-8/h5-7H,2-4H2,1H3,(H2,15,16,17,18). The molecule has 3 nitrogen and oxygen atoms in total.